The van der Waals surface area contributed by atoms with Gasteiger partial charge in [-0.05, 0) is 35.4 Å². The fraction of sp³-hybridized carbons (Fsp3) is 0.179. The predicted molar refractivity (Wildman–Crippen MR) is 137 cm³/mol. The van der Waals surface area contributed by atoms with Crippen molar-refractivity contribution in [3.05, 3.63) is 107 Å². The van der Waals surface area contributed by atoms with Gasteiger partial charge in [0.15, 0.2) is 0 Å². The molecule has 0 unspecified atom stereocenters. The van der Waals surface area contributed by atoms with Crippen molar-refractivity contribution in [2.75, 3.05) is 12.4 Å². The van der Waals surface area contributed by atoms with Crippen molar-refractivity contribution in [2.24, 2.45) is 10.2 Å². The summed E-state index contributed by atoms with van der Waals surface area (Å²) in [5, 5.41) is 18.6. The van der Waals surface area contributed by atoms with Crippen LogP contribution in [-0.2, 0) is 23.3 Å². The number of alkyl halides is 3. The first-order valence-electron chi connectivity index (χ1n) is 11.7. The van der Waals surface area contributed by atoms with Crippen molar-refractivity contribution in [2.45, 2.75) is 24.7 Å². The van der Waals surface area contributed by atoms with E-state index in [9.17, 15) is 23.1 Å². The Labute approximate surface area is 217 Å². The monoisotopic (exact) mass is 519 g/mol. The average molecular weight is 520 g/mol. The molecule has 1 aliphatic heterocycles. The van der Waals surface area contributed by atoms with Gasteiger partial charge in [-0.1, -0.05) is 54.6 Å². The third-order valence-corrected chi connectivity index (χ3v) is 5.83. The Morgan fingerprint density at radius 3 is 2.13 bits per heavy atom. The van der Waals surface area contributed by atoms with E-state index in [4.69, 9.17) is 4.98 Å². The highest BCUT2D eigenvalue weighted by atomic mass is 19.4. The number of benzene rings is 3. The van der Waals surface area contributed by atoms with Crippen LogP contribution in [0, 0.1) is 0 Å². The Morgan fingerprint density at radius 2 is 1.58 bits per heavy atom. The SMILES string of the molecule is CNc1ncc(-c2ccc(O)cc2)nc1Cc1ccccc1.O=CCc1ccc(C2(C(F)(F)F)N=N2)cc1. The number of halogens is 3. The van der Waals surface area contributed by atoms with Crippen LogP contribution < -0.4 is 5.32 Å². The van der Waals surface area contributed by atoms with Gasteiger partial charge in [-0.15, -0.1) is 10.2 Å². The second-order valence-electron chi connectivity index (χ2n) is 8.45. The molecule has 0 saturated heterocycles. The molecular weight excluding hydrogens is 495 g/mol. The summed E-state index contributed by atoms with van der Waals surface area (Å²) in [5.74, 6) is 1.03. The van der Waals surface area contributed by atoms with Crippen LogP contribution in [0.25, 0.3) is 11.3 Å². The second kappa shape index (κ2) is 11.2. The molecule has 7 nitrogen and oxygen atoms in total. The van der Waals surface area contributed by atoms with E-state index in [0.717, 1.165) is 29.2 Å². The molecule has 0 saturated carbocycles. The zero-order chi connectivity index (χ0) is 27.2. The summed E-state index contributed by atoms with van der Waals surface area (Å²) in [5.41, 5.74) is 2.10. The highest BCUT2D eigenvalue weighted by Crippen LogP contribution is 2.52. The van der Waals surface area contributed by atoms with E-state index in [1.165, 1.54) is 29.8 Å². The van der Waals surface area contributed by atoms with Gasteiger partial charge < -0.3 is 15.2 Å². The summed E-state index contributed by atoms with van der Waals surface area (Å²) in [6.07, 6.45) is -1.16. The fourth-order valence-corrected chi connectivity index (χ4v) is 3.73. The lowest BCUT2D eigenvalue weighted by Crippen LogP contribution is -2.30. The van der Waals surface area contributed by atoms with E-state index >= 15 is 0 Å². The molecule has 1 aromatic heterocycles. The minimum atomic E-state index is -4.50. The zero-order valence-corrected chi connectivity index (χ0v) is 20.4. The highest BCUT2D eigenvalue weighted by Gasteiger charge is 2.65. The summed E-state index contributed by atoms with van der Waals surface area (Å²) in [6.45, 7) is 0. The van der Waals surface area contributed by atoms with E-state index in [1.807, 2.05) is 37.4 Å². The average Bonchev–Trinajstić information content (AvgIpc) is 3.74. The van der Waals surface area contributed by atoms with Crippen LogP contribution in [-0.4, -0.2) is 34.6 Å². The van der Waals surface area contributed by atoms with E-state index < -0.39 is 11.8 Å². The topological polar surface area (TPSA) is 99.8 Å². The van der Waals surface area contributed by atoms with Gasteiger partial charge in [-0.25, -0.2) is 9.97 Å². The maximum Gasteiger partial charge on any atom is 0.442 e. The number of carbonyl (C=O) groups excluding carboxylic acids is 1. The fourth-order valence-electron chi connectivity index (χ4n) is 3.73. The molecule has 5 rings (SSSR count). The first kappa shape index (κ1) is 26.5. The number of phenolic OH excluding ortho intramolecular Hbond substituents is 1. The van der Waals surface area contributed by atoms with Crippen LogP contribution in [0.15, 0.2) is 95.3 Å². The minimum Gasteiger partial charge on any atom is -0.508 e. The lowest BCUT2D eigenvalue weighted by atomic mass is 10.0. The van der Waals surface area contributed by atoms with Gasteiger partial charge in [-0.2, -0.15) is 13.2 Å². The Morgan fingerprint density at radius 1 is 0.921 bits per heavy atom. The molecule has 3 aromatic carbocycles. The van der Waals surface area contributed by atoms with Crippen molar-refractivity contribution in [3.8, 4) is 17.0 Å². The molecule has 2 N–H and O–H groups in total. The number of hydrogen-bond acceptors (Lipinski definition) is 7. The summed E-state index contributed by atoms with van der Waals surface area (Å²) >= 11 is 0. The number of aldehydes is 1. The third kappa shape index (κ3) is 6.03. The molecule has 0 atom stereocenters. The molecule has 38 heavy (non-hydrogen) atoms. The van der Waals surface area contributed by atoms with Gasteiger partial charge >= 0.3 is 11.8 Å². The van der Waals surface area contributed by atoms with E-state index in [-0.39, 0.29) is 17.7 Å². The Balaban J connectivity index is 0.000000186. The Bertz CT molecular complexity index is 1400. The molecule has 1 aliphatic rings. The van der Waals surface area contributed by atoms with Gasteiger partial charge in [0.2, 0.25) is 0 Å². The van der Waals surface area contributed by atoms with Crippen molar-refractivity contribution >= 4 is 12.1 Å². The second-order valence-corrected chi connectivity index (χ2v) is 8.45. The standard InChI is InChI=1S/C18H17N3O.C10H7F3N2O/c1-19-18-16(11-13-5-3-2-4-6-13)21-17(12-20-18)14-7-9-15(22)10-8-14;11-10(12,13)9(14-15-9)8-3-1-7(2-4-8)5-6-16/h2-10,12,22H,11H2,1H3,(H,19,20);1-4,6H,5H2. The summed E-state index contributed by atoms with van der Waals surface area (Å²) in [7, 11) is 1.85. The van der Waals surface area contributed by atoms with Crippen molar-refractivity contribution in [1.82, 2.24) is 9.97 Å². The molecule has 0 fully saturated rings. The number of carbonyl (C=O) groups is 1. The zero-order valence-electron chi connectivity index (χ0n) is 20.4. The molecular formula is C28H24F3N5O2. The molecule has 4 aromatic rings. The van der Waals surface area contributed by atoms with Gasteiger partial charge in [0, 0.05) is 31.0 Å². The third-order valence-electron chi connectivity index (χ3n) is 5.83. The van der Waals surface area contributed by atoms with Crippen LogP contribution >= 0.6 is 0 Å². The van der Waals surface area contributed by atoms with Gasteiger partial charge in [0.05, 0.1) is 17.6 Å². The number of nitrogens with zero attached hydrogens (tertiary/aromatic N) is 4. The number of aromatic hydroxyl groups is 1. The minimum absolute atomic E-state index is 0.0188. The lowest BCUT2D eigenvalue weighted by Gasteiger charge is -2.14. The summed E-state index contributed by atoms with van der Waals surface area (Å²) in [4.78, 5) is 19.4. The van der Waals surface area contributed by atoms with Gasteiger partial charge in [0.1, 0.15) is 17.9 Å². The Hall–Kier alpha value is -4.60. The first-order valence-corrected chi connectivity index (χ1v) is 11.7. The molecule has 0 amide bonds. The largest absolute Gasteiger partial charge is 0.508 e. The molecule has 0 spiro atoms. The number of phenols is 1. The van der Waals surface area contributed by atoms with Crippen molar-refractivity contribution < 1.29 is 23.1 Å². The van der Waals surface area contributed by atoms with Gasteiger partial charge in [-0.3, -0.25) is 0 Å². The molecule has 10 heteroatoms. The van der Waals surface area contributed by atoms with Crippen LogP contribution in [0.3, 0.4) is 0 Å². The van der Waals surface area contributed by atoms with Crippen molar-refractivity contribution in [3.63, 3.8) is 0 Å². The highest BCUT2D eigenvalue weighted by molar-refractivity contribution is 5.61. The van der Waals surface area contributed by atoms with Gasteiger partial charge in [0.25, 0.3) is 0 Å². The molecule has 0 aliphatic carbocycles. The maximum atomic E-state index is 12.6. The first-order chi connectivity index (χ1) is 18.3. The van der Waals surface area contributed by atoms with E-state index in [0.29, 0.717) is 11.8 Å². The summed E-state index contributed by atoms with van der Waals surface area (Å²) in [6, 6.07) is 22.7. The quantitative estimate of drug-likeness (QED) is 0.288. The predicted octanol–water partition coefficient (Wildman–Crippen LogP) is 6.09. The number of rotatable bonds is 7. The van der Waals surface area contributed by atoms with Crippen LogP contribution in [0.5, 0.6) is 5.75 Å². The van der Waals surface area contributed by atoms with Crippen molar-refractivity contribution in [1.29, 1.82) is 0 Å². The Kier molecular flexibility index (Phi) is 7.80. The van der Waals surface area contributed by atoms with Crippen LogP contribution in [0.2, 0.25) is 0 Å². The molecule has 194 valence electrons. The number of aromatic nitrogens is 2. The van der Waals surface area contributed by atoms with E-state index in [2.05, 4.69) is 32.7 Å². The molecule has 2 heterocycles. The maximum absolute atomic E-state index is 12.6. The van der Waals surface area contributed by atoms with E-state index in [1.54, 1.807) is 18.3 Å². The normalized spacial score (nSPS) is 13.3. The van der Waals surface area contributed by atoms with Crippen LogP contribution in [0.1, 0.15) is 22.4 Å². The summed E-state index contributed by atoms with van der Waals surface area (Å²) < 4.78 is 37.8. The number of hydrogen-bond donors (Lipinski definition) is 2. The number of nitrogens with one attached hydrogen (secondary N) is 1. The smallest absolute Gasteiger partial charge is 0.442 e. The molecule has 0 bridgehead atoms. The van der Waals surface area contributed by atoms with Crippen LogP contribution in [0.4, 0.5) is 19.0 Å². The number of anilines is 1. The lowest BCUT2D eigenvalue weighted by molar-refractivity contribution is -0.166. The molecule has 0 radical (unpaired) electrons.